The third kappa shape index (κ3) is 6.94. The Labute approximate surface area is 104 Å². The first-order valence-corrected chi connectivity index (χ1v) is 6.26. The summed E-state index contributed by atoms with van der Waals surface area (Å²) >= 11 is 0. The number of nitrogens with two attached hydrogens (primary N) is 1. The SMILES string of the molecule is CCC(CCN)CCC(=O)NC(C)C(=O)NC. The van der Waals surface area contributed by atoms with Crippen molar-refractivity contribution in [2.45, 2.75) is 45.6 Å². The van der Waals surface area contributed by atoms with E-state index in [1.807, 2.05) is 0 Å². The number of hydrogen-bond acceptors (Lipinski definition) is 3. The van der Waals surface area contributed by atoms with E-state index in [1.54, 1.807) is 14.0 Å². The first-order valence-electron chi connectivity index (χ1n) is 6.26. The molecule has 4 N–H and O–H groups in total. The lowest BCUT2D eigenvalue weighted by Gasteiger charge is -2.15. The zero-order valence-corrected chi connectivity index (χ0v) is 11.1. The van der Waals surface area contributed by atoms with Crippen molar-refractivity contribution in [1.29, 1.82) is 0 Å². The van der Waals surface area contributed by atoms with Crippen molar-refractivity contribution in [2.24, 2.45) is 11.7 Å². The summed E-state index contributed by atoms with van der Waals surface area (Å²) in [6, 6.07) is -0.470. The highest BCUT2D eigenvalue weighted by Crippen LogP contribution is 2.14. The quantitative estimate of drug-likeness (QED) is 0.576. The Morgan fingerprint density at radius 3 is 2.41 bits per heavy atom. The van der Waals surface area contributed by atoms with E-state index in [1.165, 1.54) is 0 Å². The molecular weight excluding hydrogens is 218 g/mol. The predicted octanol–water partition coefficient (Wildman–Crippen LogP) is 0.392. The molecule has 0 aromatic rings. The van der Waals surface area contributed by atoms with Crippen LogP contribution in [0.5, 0.6) is 0 Å². The molecule has 0 aromatic carbocycles. The highest BCUT2D eigenvalue weighted by atomic mass is 16.2. The van der Waals surface area contributed by atoms with Crippen LogP contribution in [0.25, 0.3) is 0 Å². The molecule has 0 saturated carbocycles. The van der Waals surface area contributed by atoms with Gasteiger partial charge in [0.25, 0.3) is 0 Å². The summed E-state index contributed by atoms with van der Waals surface area (Å²) in [5.41, 5.74) is 5.50. The average Bonchev–Trinajstić information content (AvgIpc) is 2.33. The summed E-state index contributed by atoms with van der Waals surface area (Å²) in [6.07, 6.45) is 3.28. The van der Waals surface area contributed by atoms with Crippen molar-refractivity contribution in [1.82, 2.24) is 10.6 Å². The number of likely N-dealkylation sites (N-methyl/N-ethyl adjacent to an activating group) is 1. The lowest BCUT2D eigenvalue weighted by molar-refractivity contribution is -0.128. The van der Waals surface area contributed by atoms with Crippen molar-refractivity contribution in [3.63, 3.8) is 0 Å². The first-order chi connectivity index (χ1) is 8.04. The molecule has 5 heteroatoms. The summed E-state index contributed by atoms with van der Waals surface area (Å²) < 4.78 is 0. The van der Waals surface area contributed by atoms with E-state index in [4.69, 9.17) is 5.73 Å². The number of amides is 2. The lowest BCUT2D eigenvalue weighted by Crippen LogP contribution is -2.43. The van der Waals surface area contributed by atoms with Gasteiger partial charge in [0.15, 0.2) is 0 Å². The Morgan fingerprint density at radius 2 is 1.94 bits per heavy atom. The van der Waals surface area contributed by atoms with E-state index in [-0.39, 0.29) is 11.8 Å². The second-order valence-corrected chi connectivity index (χ2v) is 4.29. The van der Waals surface area contributed by atoms with Crippen LogP contribution in [-0.2, 0) is 9.59 Å². The monoisotopic (exact) mass is 243 g/mol. The second kappa shape index (κ2) is 8.98. The van der Waals surface area contributed by atoms with Crippen LogP contribution in [0.4, 0.5) is 0 Å². The van der Waals surface area contributed by atoms with Crippen LogP contribution in [0.15, 0.2) is 0 Å². The maximum atomic E-state index is 11.6. The van der Waals surface area contributed by atoms with Gasteiger partial charge in [-0.2, -0.15) is 0 Å². The Balaban J connectivity index is 3.89. The lowest BCUT2D eigenvalue weighted by atomic mass is 9.96. The van der Waals surface area contributed by atoms with Crippen molar-refractivity contribution >= 4 is 11.8 Å². The molecule has 0 radical (unpaired) electrons. The maximum Gasteiger partial charge on any atom is 0.242 e. The summed E-state index contributed by atoms with van der Waals surface area (Å²) in [7, 11) is 1.55. The van der Waals surface area contributed by atoms with Gasteiger partial charge in [0.2, 0.25) is 11.8 Å². The number of nitrogens with one attached hydrogen (secondary N) is 2. The molecule has 0 fully saturated rings. The highest BCUT2D eigenvalue weighted by Gasteiger charge is 2.15. The van der Waals surface area contributed by atoms with E-state index in [9.17, 15) is 9.59 Å². The molecule has 0 heterocycles. The van der Waals surface area contributed by atoms with E-state index in [0.29, 0.717) is 18.9 Å². The van der Waals surface area contributed by atoms with E-state index < -0.39 is 6.04 Å². The fourth-order valence-electron chi connectivity index (χ4n) is 1.72. The van der Waals surface area contributed by atoms with Crippen LogP contribution in [0.2, 0.25) is 0 Å². The molecule has 2 amide bonds. The van der Waals surface area contributed by atoms with Crippen molar-refractivity contribution in [3.05, 3.63) is 0 Å². The molecule has 100 valence electrons. The topological polar surface area (TPSA) is 84.2 Å². The largest absolute Gasteiger partial charge is 0.357 e. The molecule has 17 heavy (non-hydrogen) atoms. The van der Waals surface area contributed by atoms with Crippen LogP contribution in [0.3, 0.4) is 0 Å². The van der Waals surface area contributed by atoms with E-state index in [0.717, 1.165) is 19.3 Å². The Bertz CT molecular complexity index is 244. The normalized spacial score (nSPS) is 13.9. The van der Waals surface area contributed by atoms with Crippen molar-refractivity contribution in [2.75, 3.05) is 13.6 Å². The molecule has 0 bridgehead atoms. The average molecular weight is 243 g/mol. The fraction of sp³-hybridized carbons (Fsp3) is 0.833. The molecule has 0 rings (SSSR count). The zero-order chi connectivity index (χ0) is 13.3. The van der Waals surface area contributed by atoms with Crippen LogP contribution in [-0.4, -0.2) is 31.4 Å². The summed E-state index contributed by atoms with van der Waals surface area (Å²) in [4.78, 5) is 22.8. The maximum absolute atomic E-state index is 11.6. The van der Waals surface area contributed by atoms with Crippen LogP contribution in [0, 0.1) is 5.92 Å². The third-order valence-electron chi connectivity index (χ3n) is 2.95. The predicted molar refractivity (Wildman–Crippen MR) is 68.4 cm³/mol. The molecule has 2 atom stereocenters. The van der Waals surface area contributed by atoms with Crippen molar-refractivity contribution < 1.29 is 9.59 Å². The molecule has 2 unspecified atom stereocenters. The molecular formula is C12H25N3O2. The minimum absolute atomic E-state index is 0.0726. The van der Waals surface area contributed by atoms with Gasteiger partial charge in [-0.3, -0.25) is 9.59 Å². The van der Waals surface area contributed by atoms with Crippen LogP contribution < -0.4 is 16.4 Å². The fourth-order valence-corrected chi connectivity index (χ4v) is 1.72. The highest BCUT2D eigenvalue weighted by molar-refractivity contribution is 5.86. The van der Waals surface area contributed by atoms with Gasteiger partial charge in [-0.15, -0.1) is 0 Å². The van der Waals surface area contributed by atoms with Gasteiger partial charge in [-0.05, 0) is 32.2 Å². The second-order valence-electron chi connectivity index (χ2n) is 4.29. The molecule has 0 spiro atoms. The smallest absolute Gasteiger partial charge is 0.242 e. The molecule has 0 aliphatic rings. The minimum atomic E-state index is -0.470. The summed E-state index contributed by atoms with van der Waals surface area (Å²) in [6.45, 7) is 4.44. The van der Waals surface area contributed by atoms with Crippen molar-refractivity contribution in [3.8, 4) is 0 Å². The standard InChI is InChI=1S/C12H25N3O2/c1-4-10(7-8-13)5-6-11(16)15-9(2)12(17)14-3/h9-10H,4-8,13H2,1-3H3,(H,14,17)(H,15,16). The van der Waals surface area contributed by atoms with Crippen LogP contribution >= 0.6 is 0 Å². The summed E-state index contributed by atoms with van der Waals surface area (Å²) in [5.74, 6) is 0.255. The van der Waals surface area contributed by atoms with E-state index in [2.05, 4.69) is 17.6 Å². The Morgan fingerprint density at radius 1 is 1.29 bits per heavy atom. The molecule has 5 nitrogen and oxygen atoms in total. The Kier molecular flexibility index (Phi) is 8.40. The zero-order valence-electron chi connectivity index (χ0n) is 11.1. The number of carbonyl (C=O) groups excluding carboxylic acids is 2. The number of hydrogen-bond donors (Lipinski definition) is 3. The van der Waals surface area contributed by atoms with Gasteiger partial charge < -0.3 is 16.4 Å². The minimum Gasteiger partial charge on any atom is -0.357 e. The number of carbonyl (C=O) groups is 2. The van der Waals surface area contributed by atoms with Gasteiger partial charge >= 0.3 is 0 Å². The van der Waals surface area contributed by atoms with Gasteiger partial charge in [-0.25, -0.2) is 0 Å². The third-order valence-corrected chi connectivity index (χ3v) is 2.95. The van der Waals surface area contributed by atoms with Gasteiger partial charge in [0.1, 0.15) is 6.04 Å². The van der Waals surface area contributed by atoms with Crippen LogP contribution in [0.1, 0.15) is 39.5 Å². The molecule has 0 aliphatic heterocycles. The molecule has 0 aliphatic carbocycles. The molecule has 0 aromatic heterocycles. The first kappa shape index (κ1) is 15.9. The molecule has 0 saturated heterocycles. The van der Waals surface area contributed by atoms with E-state index >= 15 is 0 Å². The van der Waals surface area contributed by atoms with Gasteiger partial charge in [0, 0.05) is 13.5 Å². The number of rotatable bonds is 8. The Hall–Kier alpha value is -1.10. The van der Waals surface area contributed by atoms with Gasteiger partial charge in [0.05, 0.1) is 0 Å². The summed E-state index contributed by atoms with van der Waals surface area (Å²) in [5, 5.41) is 5.17. The van der Waals surface area contributed by atoms with Gasteiger partial charge in [-0.1, -0.05) is 13.3 Å².